The number of likely N-dealkylation sites (N-methyl/N-ethyl adjacent to an activating group) is 1. The molecule has 2 atom stereocenters. The van der Waals surface area contributed by atoms with Crippen LogP contribution in [0.15, 0.2) is 18.2 Å². The first-order chi connectivity index (χ1) is 9.85. The van der Waals surface area contributed by atoms with Crippen molar-refractivity contribution in [3.05, 3.63) is 29.3 Å². The van der Waals surface area contributed by atoms with Gasteiger partial charge in [-0.2, -0.15) is 0 Å². The lowest BCUT2D eigenvalue weighted by molar-refractivity contribution is -0.132. The topological polar surface area (TPSA) is 55.6 Å². The molecule has 1 aromatic rings. The quantitative estimate of drug-likeness (QED) is 0.840. The van der Waals surface area contributed by atoms with Gasteiger partial charge < -0.3 is 15.4 Å². The fourth-order valence-electron chi connectivity index (χ4n) is 2.18. The van der Waals surface area contributed by atoms with Crippen LogP contribution in [0, 0.1) is 19.8 Å². The number of ether oxygens (including phenoxy) is 1. The third kappa shape index (κ3) is 5.38. The van der Waals surface area contributed by atoms with E-state index >= 15 is 0 Å². The van der Waals surface area contributed by atoms with Crippen molar-refractivity contribution < 1.29 is 9.53 Å². The number of rotatable bonds is 7. The fourth-order valence-corrected chi connectivity index (χ4v) is 2.18. The predicted molar refractivity (Wildman–Crippen MR) is 86.5 cm³/mol. The molecule has 2 N–H and O–H groups in total. The molecule has 0 bridgehead atoms. The zero-order chi connectivity index (χ0) is 16.0. The van der Waals surface area contributed by atoms with E-state index < -0.39 is 6.04 Å². The van der Waals surface area contributed by atoms with Crippen molar-refractivity contribution in [1.29, 1.82) is 0 Å². The SMILES string of the molecule is CCC(C)[C@H](N)C(=O)N(C)CCOc1cc(C)cc(C)c1. The maximum absolute atomic E-state index is 12.1. The van der Waals surface area contributed by atoms with E-state index in [1.165, 1.54) is 11.1 Å². The monoisotopic (exact) mass is 292 g/mol. The second-order valence-electron chi connectivity index (χ2n) is 5.84. The molecule has 0 aliphatic rings. The molecular weight excluding hydrogens is 264 g/mol. The van der Waals surface area contributed by atoms with Gasteiger partial charge in [-0.3, -0.25) is 4.79 Å². The third-order valence-electron chi connectivity index (χ3n) is 3.81. The van der Waals surface area contributed by atoms with Gasteiger partial charge >= 0.3 is 0 Å². The number of hydrogen-bond donors (Lipinski definition) is 1. The first-order valence-electron chi connectivity index (χ1n) is 7.56. The summed E-state index contributed by atoms with van der Waals surface area (Å²) in [5.41, 5.74) is 8.31. The summed E-state index contributed by atoms with van der Waals surface area (Å²) >= 11 is 0. The number of nitrogens with two attached hydrogens (primary N) is 1. The number of benzene rings is 1. The number of hydrogen-bond acceptors (Lipinski definition) is 3. The summed E-state index contributed by atoms with van der Waals surface area (Å²) in [5.74, 6) is 1.02. The van der Waals surface area contributed by atoms with Gasteiger partial charge in [-0.05, 0) is 43.0 Å². The van der Waals surface area contributed by atoms with Crippen LogP contribution in [0.5, 0.6) is 5.75 Å². The Hall–Kier alpha value is -1.55. The van der Waals surface area contributed by atoms with Crippen LogP contribution in [0.1, 0.15) is 31.4 Å². The zero-order valence-electron chi connectivity index (χ0n) is 13.8. The first kappa shape index (κ1) is 17.5. The number of aryl methyl sites for hydroxylation is 2. The molecule has 0 saturated carbocycles. The molecule has 118 valence electrons. The molecule has 0 spiro atoms. The van der Waals surface area contributed by atoms with E-state index in [4.69, 9.17) is 10.5 Å². The molecule has 1 amide bonds. The second kappa shape index (κ2) is 8.03. The molecule has 0 aliphatic heterocycles. The van der Waals surface area contributed by atoms with E-state index in [-0.39, 0.29) is 11.8 Å². The van der Waals surface area contributed by atoms with E-state index in [1.807, 2.05) is 39.8 Å². The average Bonchev–Trinajstić information content (AvgIpc) is 2.43. The van der Waals surface area contributed by atoms with E-state index in [2.05, 4.69) is 6.07 Å². The lowest BCUT2D eigenvalue weighted by atomic mass is 9.99. The number of carbonyl (C=O) groups excluding carboxylic acids is 1. The van der Waals surface area contributed by atoms with Crippen LogP contribution < -0.4 is 10.5 Å². The number of carbonyl (C=O) groups is 1. The van der Waals surface area contributed by atoms with E-state index in [0.717, 1.165) is 12.2 Å². The first-order valence-corrected chi connectivity index (χ1v) is 7.56. The van der Waals surface area contributed by atoms with Gasteiger partial charge in [-0.25, -0.2) is 0 Å². The average molecular weight is 292 g/mol. The summed E-state index contributed by atoms with van der Waals surface area (Å²) in [5, 5.41) is 0. The molecule has 0 fully saturated rings. The van der Waals surface area contributed by atoms with Crippen LogP contribution in [-0.2, 0) is 4.79 Å². The van der Waals surface area contributed by atoms with Gasteiger partial charge in [-0.1, -0.05) is 26.3 Å². The van der Waals surface area contributed by atoms with Gasteiger partial charge in [0.25, 0.3) is 0 Å². The highest BCUT2D eigenvalue weighted by atomic mass is 16.5. The van der Waals surface area contributed by atoms with Crippen molar-refractivity contribution >= 4 is 5.91 Å². The molecule has 4 nitrogen and oxygen atoms in total. The molecular formula is C17H28N2O2. The number of nitrogens with zero attached hydrogens (tertiary/aromatic N) is 1. The minimum Gasteiger partial charge on any atom is -0.492 e. The van der Waals surface area contributed by atoms with Gasteiger partial charge in [0.2, 0.25) is 5.91 Å². The van der Waals surface area contributed by atoms with Crippen molar-refractivity contribution in [1.82, 2.24) is 4.90 Å². The maximum Gasteiger partial charge on any atom is 0.239 e. The molecule has 0 aromatic heterocycles. The van der Waals surface area contributed by atoms with Gasteiger partial charge in [0.15, 0.2) is 0 Å². The highest BCUT2D eigenvalue weighted by molar-refractivity contribution is 5.81. The van der Waals surface area contributed by atoms with Crippen molar-refractivity contribution in [2.75, 3.05) is 20.2 Å². The summed E-state index contributed by atoms with van der Waals surface area (Å²) < 4.78 is 5.72. The van der Waals surface area contributed by atoms with Crippen LogP contribution in [0.4, 0.5) is 0 Å². The summed E-state index contributed by atoms with van der Waals surface area (Å²) in [6.45, 7) is 9.14. The van der Waals surface area contributed by atoms with Crippen LogP contribution in [0.25, 0.3) is 0 Å². The number of amides is 1. The molecule has 0 aliphatic carbocycles. The highest BCUT2D eigenvalue weighted by Gasteiger charge is 2.22. The standard InChI is InChI=1S/C17H28N2O2/c1-6-14(4)16(18)17(20)19(5)7-8-21-15-10-12(2)9-13(3)11-15/h9-11,14,16H,6-8,18H2,1-5H3/t14?,16-/m0/s1. The Balaban J connectivity index is 2.46. The van der Waals surface area contributed by atoms with Gasteiger partial charge in [-0.15, -0.1) is 0 Å². The Kier molecular flexibility index (Phi) is 6.69. The van der Waals surface area contributed by atoms with Crippen LogP contribution in [0.3, 0.4) is 0 Å². The Bertz CT molecular complexity index is 454. The van der Waals surface area contributed by atoms with E-state index in [0.29, 0.717) is 13.2 Å². The lowest BCUT2D eigenvalue weighted by Crippen LogP contribution is -2.46. The summed E-state index contributed by atoms with van der Waals surface area (Å²) in [7, 11) is 1.77. The third-order valence-corrected chi connectivity index (χ3v) is 3.81. The Labute approximate surface area is 128 Å². The van der Waals surface area contributed by atoms with Crippen molar-refractivity contribution in [2.24, 2.45) is 11.7 Å². The lowest BCUT2D eigenvalue weighted by Gasteiger charge is -2.24. The smallest absolute Gasteiger partial charge is 0.239 e. The Morgan fingerprint density at radius 3 is 2.38 bits per heavy atom. The minimum absolute atomic E-state index is 0.0200. The zero-order valence-corrected chi connectivity index (χ0v) is 13.8. The Morgan fingerprint density at radius 2 is 1.86 bits per heavy atom. The minimum atomic E-state index is -0.429. The molecule has 1 aromatic carbocycles. The van der Waals surface area contributed by atoms with Crippen molar-refractivity contribution in [3.8, 4) is 5.75 Å². The summed E-state index contributed by atoms with van der Waals surface area (Å²) in [6, 6.07) is 5.67. The van der Waals surface area contributed by atoms with E-state index in [1.54, 1.807) is 11.9 Å². The van der Waals surface area contributed by atoms with Crippen molar-refractivity contribution in [2.45, 2.75) is 40.2 Å². The molecule has 0 saturated heterocycles. The van der Waals surface area contributed by atoms with Crippen LogP contribution in [0.2, 0.25) is 0 Å². The molecule has 21 heavy (non-hydrogen) atoms. The van der Waals surface area contributed by atoms with Gasteiger partial charge in [0.1, 0.15) is 12.4 Å². The van der Waals surface area contributed by atoms with Crippen molar-refractivity contribution in [3.63, 3.8) is 0 Å². The molecule has 4 heteroatoms. The fraction of sp³-hybridized carbons (Fsp3) is 0.588. The van der Waals surface area contributed by atoms with Crippen LogP contribution >= 0.6 is 0 Å². The van der Waals surface area contributed by atoms with E-state index in [9.17, 15) is 4.79 Å². The highest BCUT2D eigenvalue weighted by Crippen LogP contribution is 2.16. The Morgan fingerprint density at radius 1 is 1.29 bits per heavy atom. The van der Waals surface area contributed by atoms with Crippen LogP contribution in [-0.4, -0.2) is 37.0 Å². The molecule has 1 rings (SSSR count). The summed E-state index contributed by atoms with van der Waals surface area (Å²) in [6.07, 6.45) is 0.903. The maximum atomic E-state index is 12.1. The second-order valence-corrected chi connectivity index (χ2v) is 5.84. The largest absolute Gasteiger partial charge is 0.492 e. The summed E-state index contributed by atoms with van der Waals surface area (Å²) in [4.78, 5) is 13.8. The predicted octanol–water partition coefficient (Wildman–Crippen LogP) is 2.51. The molecule has 0 radical (unpaired) electrons. The molecule has 1 unspecified atom stereocenters. The normalized spacial score (nSPS) is 13.6. The van der Waals surface area contributed by atoms with Gasteiger partial charge in [0, 0.05) is 7.05 Å². The van der Waals surface area contributed by atoms with Gasteiger partial charge in [0.05, 0.1) is 12.6 Å². The molecule has 0 heterocycles.